The number of hydrogen-bond donors (Lipinski definition) is 8. The van der Waals surface area contributed by atoms with Gasteiger partial charge in [0.2, 0.25) is 0 Å². The van der Waals surface area contributed by atoms with Crippen molar-refractivity contribution in [1.82, 2.24) is 20.9 Å². The minimum atomic E-state index is -2.28. The van der Waals surface area contributed by atoms with Crippen molar-refractivity contribution < 1.29 is 96.5 Å². The third-order valence-electron chi connectivity index (χ3n) is 16.6. The van der Waals surface area contributed by atoms with Crippen LogP contribution in [0.25, 0.3) is 31.3 Å². The van der Waals surface area contributed by atoms with Crippen LogP contribution in [0, 0.1) is 0 Å². The summed E-state index contributed by atoms with van der Waals surface area (Å²) in [5, 5.41) is 76.6. The summed E-state index contributed by atoms with van der Waals surface area (Å²) in [6.45, 7) is -3.36. The molecule has 33 heteroatoms. The Kier molecular flexibility index (Phi) is 27.5. The van der Waals surface area contributed by atoms with Crippen molar-refractivity contribution in [3.05, 3.63) is 211 Å². The molecule has 98 heavy (non-hydrogen) atoms. The number of carbonyl (C=O) groups is 4. The fraction of sp³-hybridized carbons (Fsp3) is 0.477. The molecule has 0 radical (unpaired) electrons. The van der Waals surface area contributed by atoms with E-state index in [2.05, 4.69) is 46.0 Å². The molecule has 3 heterocycles. The second-order valence-corrected chi connectivity index (χ2v) is 23.4. The van der Waals surface area contributed by atoms with Crippen molar-refractivity contribution >= 4 is 24.2 Å². The predicted molar refractivity (Wildman–Crippen MR) is 339 cm³/mol. The quantitative estimate of drug-likeness (QED) is 0.0112. The van der Waals surface area contributed by atoms with Crippen molar-refractivity contribution in [3.8, 4) is 0 Å². The first-order chi connectivity index (χ1) is 47.6. The van der Waals surface area contributed by atoms with Gasteiger partial charge >= 0.3 is 18.3 Å². The van der Waals surface area contributed by atoms with E-state index in [0.717, 1.165) is 5.56 Å². The van der Waals surface area contributed by atoms with Gasteiger partial charge in [-0.3, -0.25) is 4.79 Å². The molecule has 5 aromatic carbocycles. The molecule has 1 aliphatic carbocycles. The Morgan fingerprint density at radius 2 is 1.07 bits per heavy atom. The number of hydrogen-bond acceptors (Lipinski definition) is 22. The van der Waals surface area contributed by atoms with Crippen LogP contribution in [0.4, 0.5) is 18.8 Å². The van der Waals surface area contributed by atoms with Gasteiger partial charge in [0.05, 0.1) is 69.3 Å². The van der Waals surface area contributed by atoms with Crippen LogP contribution in [0.3, 0.4) is 0 Å². The lowest BCUT2D eigenvalue weighted by atomic mass is 9.83. The molecule has 32 nitrogen and oxygen atoms in total. The molecule has 522 valence electrons. The maximum atomic E-state index is 16.3. The van der Waals surface area contributed by atoms with Gasteiger partial charge in [-0.1, -0.05) is 167 Å². The SMILES string of the molecule is [N-]=[N+]=NC[C@@H](F)[C@H](OCc1ccccc1)C(=O)N[C@@H]1C[C@H](NC(=O)OCc2ccccc2)[C@@H](O[C@H]2O[C@H](CN(Cc3ccccc3)C(=O)OCc3ccccc3)CC[C@H]2NC(=O)OCc2ccccc2)[C@H](O[C@@H]2O[C@H](CO)[C@@H](O[C@H]3O[C@@H](CN=[N+]=[N-])[C@@H](O)[C@H](O)[C@H]3N=[N+]=[N-])[C@H]2O)[C@H]1O. The maximum absolute atomic E-state index is 16.3. The van der Waals surface area contributed by atoms with Gasteiger partial charge in [-0.2, -0.15) is 0 Å². The second kappa shape index (κ2) is 36.9. The molecule has 0 spiro atoms. The average molecular weight is 1360 g/mol. The van der Waals surface area contributed by atoms with Crippen LogP contribution in [0.2, 0.25) is 0 Å². The summed E-state index contributed by atoms with van der Waals surface area (Å²) in [6, 6.07) is 37.7. The minimum absolute atomic E-state index is 0.0380. The van der Waals surface area contributed by atoms with Gasteiger partial charge in [0.1, 0.15) is 74.8 Å². The Bertz CT molecular complexity index is 3490. The largest absolute Gasteiger partial charge is 0.445 e. The number of benzene rings is 5. The highest BCUT2D eigenvalue weighted by Crippen LogP contribution is 2.37. The van der Waals surface area contributed by atoms with Crippen molar-refractivity contribution in [2.24, 2.45) is 15.3 Å². The molecule has 5 aromatic rings. The molecule has 9 rings (SSSR count). The van der Waals surface area contributed by atoms with Crippen molar-refractivity contribution in [2.75, 3.05) is 26.2 Å². The third kappa shape index (κ3) is 20.4. The van der Waals surface area contributed by atoms with E-state index in [1.54, 1.807) is 127 Å². The lowest BCUT2D eigenvalue weighted by Crippen LogP contribution is -2.68. The number of aliphatic hydroxyl groups excluding tert-OH is 5. The second-order valence-electron chi connectivity index (χ2n) is 23.4. The van der Waals surface area contributed by atoms with Gasteiger partial charge in [0.25, 0.3) is 5.91 Å². The first kappa shape index (κ1) is 73.0. The zero-order valence-corrected chi connectivity index (χ0v) is 52.7. The number of nitrogens with one attached hydrogen (secondary N) is 3. The molecule has 3 aliphatic heterocycles. The van der Waals surface area contributed by atoms with Gasteiger partial charge in [0.15, 0.2) is 25.0 Å². The van der Waals surface area contributed by atoms with Crippen LogP contribution in [0.1, 0.15) is 47.1 Å². The molecular formula is C65H76FN13O19. The molecule has 4 amide bonds. The number of amides is 4. The Morgan fingerprint density at radius 1 is 0.551 bits per heavy atom. The van der Waals surface area contributed by atoms with Gasteiger partial charge in [-0.05, 0) is 63.7 Å². The summed E-state index contributed by atoms with van der Waals surface area (Å²) in [5.41, 5.74) is 30.9. The summed E-state index contributed by atoms with van der Waals surface area (Å²) in [6.07, 6.45) is -30.3. The summed E-state index contributed by atoms with van der Waals surface area (Å²) in [5.74, 6) is -1.19. The highest BCUT2D eigenvalue weighted by atomic mass is 19.1. The molecule has 3 saturated heterocycles. The summed E-state index contributed by atoms with van der Waals surface area (Å²) in [7, 11) is 0. The van der Waals surface area contributed by atoms with E-state index in [-0.39, 0.29) is 52.4 Å². The van der Waals surface area contributed by atoms with E-state index in [1.165, 1.54) is 4.90 Å². The zero-order valence-electron chi connectivity index (χ0n) is 52.7. The number of carbonyl (C=O) groups excluding carboxylic acids is 4. The van der Waals surface area contributed by atoms with E-state index in [4.69, 9.17) is 58.4 Å². The highest BCUT2D eigenvalue weighted by Gasteiger charge is 2.56. The zero-order chi connectivity index (χ0) is 69.3. The lowest BCUT2D eigenvalue weighted by Gasteiger charge is -2.48. The molecule has 0 unspecified atom stereocenters. The number of ether oxygens (including phenoxy) is 10. The van der Waals surface area contributed by atoms with Crippen LogP contribution < -0.4 is 16.0 Å². The van der Waals surface area contributed by atoms with Crippen molar-refractivity contribution in [3.63, 3.8) is 0 Å². The smallest absolute Gasteiger partial charge is 0.410 e. The summed E-state index contributed by atoms with van der Waals surface area (Å²) < 4.78 is 77.8. The molecule has 0 bridgehead atoms. The van der Waals surface area contributed by atoms with E-state index in [9.17, 15) is 50.2 Å². The molecule has 8 N–H and O–H groups in total. The number of aliphatic hydroxyl groups is 5. The van der Waals surface area contributed by atoms with Crippen LogP contribution in [0.5, 0.6) is 0 Å². The topological polar surface area (TPSA) is 447 Å². The molecule has 4 aliphatic rings. The average Bonchev–Trinajstić information content (AvgIpc) is 1.21. The van der Waals surface area contributed by atoms with E-state index < -0.39 is 167 Å². The van der Waals surface area contributed by atoms with Crippen LogP contribution in [0.15, 0.2) is 167 Å². The van der Waals surface area contributed by atoms with Gasteiger partial charge < -0.3 is 93.8 Å². The third-order valence-corrected chi connectivity index (χ3v) is 16.6. The standard InChI is InChI=1S/C65H76FN13O19/c66-44(29-70-76-67)55(89-34-39-18-8-2-9-19-39)59(85)72-46-28-47(74-64(87)91-36-41-22-12-4-13-23-41)56(58(51(46)81)98-62-54(84)57(49(33-80)95-62)97-61-50(75-78-69)53(83)52(82)48(94-61)30-71-77-68)96-60-45(73-63(86)90-35-40-20-10-3-11-21-40)27-26-43(93-60)32-79(31-38-16-6-1-7-17-38)65(88)92-37-42-24-14-5-15-25-42/h1-25,43-58,60-62,80-84H,26-37H2,(H,72,85)(H,73,86)(H,74,87)/t43-,44+,45+,46+,47-,48-,49+,50+,51-,52+,53+,54+,55-,56+,57+,58+,60+,61+,62-/m0/s1. The maximum Gasteiger partial charge on any atom is 0.410 e. The molecule has 4 fully saturated rings. The lowest BCUT2D eigenvalue weighted by molar-refractivity contribution is -0.293. The van der Waals surface area contributed by atoms with E-state index >= 15 is 4.39 Å². The normalized spacial score (nSPS) is 28.0. The number of alkyl carbamates (subject to hydrolysis) is 2. The van der Waals surface area contributed by atoms with Crippen molar-refractivity contribution in [1.29, 1.82) is 0 Å². The Morgan fingerprint density at radius 3 is 1.63 bits per heavy atom. The first-order valence-electron chi connectivity index (χ1n) is 31.5. The fourth-order valence-corrected chi connectivity index (χ4v) is 11.6. The number of halogens is 1. The summed E-state index contributed by atoms with van der Waals surface area (Å²) >= 11 is 0. The van der Waals surface area contributed by atoms with E-state index in [0.29, 0.717) is 22.3 Å². The molecule has 0 aromatic heterocycles. The Balaban J connectivity index is 1.09. The number of nitrogens with zero attached hydrogens (tertiary/aromatic N) is 10. The first-order valence-corrected chi connectivity index (χ1v) is 31.5. The molecule has 1 saturated carbocycles. The number of alkyl halides is 1. The number of azide groups is 3. The van der Waals surface area contributed by atoms with Gasteiger partial charge in [0, 0.05) is 21.3 Å². The Labute approximate surface area is 560 Å². The predicted octanol–water partition coefficient (Wildman–Crippen LogP) is 6.07. The monoisotopic (exact) mass is 1360 g/mol. The van der Waals surface area contributed by atoms with E-state index in [1.807, 2.05) is 24.3 Å². The highest BCUT2D eigenvalue weighted by molar-refractivity contribution is 5.82. The Hall–Kier alpha value is -9.24. The van der Waals surface area contributed by atoms with Crippen molar-refractivity contribution in [2.45, 2.75) is 169 Å². The molecule has 19 atom stereocenters. The van der Waals surface area contributed by atoms with Crippen LogP contribution >= 0.6 is 0 Å². The van der Waals surface area contributed by atoms with Gasteiger partial charge in [-0.15, -0.1) is 0 Å². The summed E-state index contributed by atoms with van der Waals surface area (Å²) in [4.78, 5) is 66.7. The fourth-order valence-electron chi connectivity index (χ4n) is 11.6. The van der Waals surface area contributed by atoms with Crippen LogP contribution in [-0.4, -0.2) is 197 Å². The van der Waals surface area contributed by atoms with Crippen LogP contribution in [-0.2, 0) is 85.1 Å². The number of rotatable bonds is 30. The minimum Gasteiger partial charge on any atom is -0.445 e. The van der Waals surface area contributed by atoms with Gasteiger partial charge in [-0.25, -0.2) is 18.8 Å². The molecular weight excluding hydrogens is 1290 g/mol.